The van der Waals surface area contributed by atoms with Crippen molar-refractivity contribution in [2.75, 3.05) is 7.05 Å². The van der Waals surface area contributed by atoms with Gasteiger partial charge in [0.05, 0.1) is 0 Å². The molecule has 2 heteroatoms. The molecule has 1 aromatic rings. The fraction of sp³-hybridized carbons (Fsp3) is 0.533. The highest BCUT2D eigenvalue weighted by Crippen LogP contribution is 2.29. The Bertz CT molecular complexity index is 376. The van der Waals surface area contributed by atoms with Gasteiger partial charge in [0.1, 0.15) is 0 Å². The molecule has 0 aliphatic heterocycles. The Hall–Kier alpha value is -1.31. The molecule has 0 aromatic heterocycles. The normalized spacial score (nSPS) is 12.6. The Morgan fingerprint density at radius 1 is 1.18 bits per heavy atom. The van der Waals surface area contributed by atoms with Gasteiger partial charge in [0.15, 0.2) is 0 Å². The van der Waals surface area contributed by atoms with Crippen molar-refractivity contribution in [3.8, 4) is 0 Å². The first-order chi connectivity index (χ1) is 7.93. The topological polar surface area (TPSA) is 29.1 Å². The third kappa shape index (κ3) is 3.88. The third-order valence-corrected chi connectivity index (χ3v) is 3.16. The van der Waals surface area contributed by atoms with E-state index in [1.165, 1.54) is 16.7 Å². The summed E-state index contributed by atoms with van der Waals surface area (Å²) < 4.78 is 0. The lowest BCUT2D eigenvalue weighted by molar-refractivity contribution is -0.121. The summed E-state index contributed by atoms with van der Waals surface area (Å²) in [5, 5.41) is 2.71. The van der Waals surface area contributed by atoms with E-state index in [0.29, 0.717) is 18.3 Å². The molecule has 1 N–H and O–H groups in total. The zero-order valence-electron chi connectivity index (χ0n) is 11.5. The standard InChI is InChI=1S/C15H23NO/c1-10(2)14(9-15(17)16-5)13-7-11(3)6-12(4)8-13/h6-8,10,14H,9H2,1-5H3,(H,16,17). The van der Waals surface area contributed by atoms with E-state index in [2.05, 4.69) is 51.2 Å². The maximum absolute atomic E-state index is 11.6. The first kappa shape index (κ1) is 13.8. The van der Waals surface area contributed by atoms with Gasteiger partial charge in [-0.3, -0.25) is 4.79 Å². The summed E-state index contributed by atoms with van der Waals surface area (Å²) in [6.07, 6.45) is 0.567. The van der Waals surface area contributed by atoms with Crippen LogP contribution in [-0.4, -0.2) is 13.0 Å². The molecular formula is C15H23NO. The lowest BCUT2D eigenvalue weighted by atomic mass is 9.84. The zero-order chi connectivity index (χ0) is 13.0. The molecule has 0 heterocycles. The Kier molecular flexibility index (Phi) is 4.73. The summed E-state index contributed by atoms with van der Waals surface area (Å²) in [7, 11) is 1.70. The molecule has 1 unspecified atom stereocenters. The van der Waals surface area contributed by atoms with Crippen molar-refractivity contribution in [2.45, 2.75) is 40.0 Å². The van der Waals surface area contributed by atoms with E-state index in [4.69, 9.17) is 0 Å². The van der Waals surface area contributed by atoms with Crippen molar-refractivity contribution in [1.82, 2.24) is 5.32 Å². The largest absolute Gasteiger partial charge is 0.359 e. The van der Waals surface area contributed by atoms with Crippen LogP contribution >= 0.6 is 0 Å². The van der Waals surface area contributed by atoms with Crippen LogP contribution in [0.3, 0.4) is 0 Å². The third-order valence-electron chi connectivity index (χ3n) is 3.16. The second-order valence-electron chi connectivity index (χ2n) is 5.15. The molecule has 0 aliphatic rings. The Morgan fingerprint density at radius 3 is 2.12 bits per heavy atom. The summed E-state index contributed by atoms with van der Waals surface area (Å²) in [5.74, 6) is 0.880. The number of benzene rings is 1. The van der Waals surface area contributed by atoms with Crippen molar-refractivity contribution in [1.29, 1.82) is 0 Å². The fourth-order valence-corrected chi connectivity index (χ4v) is 2.26. The van der Waals surface area contributed by atoms with Crippen LogP contribution in [-0.2, 0) is 4.79 Å². The predicted octanol–water partition coefficient (Wildman–Crippen LogP) is 3.18. The molecule has 0 saturated heterocycles. The first-order valence-electron chi connectivity index (χ1n) is 6.22. The van der Waals surface area contributed by atoms with Crippen LogP contribution < -0.4 is 5.32 Å². The summed E-state index contributed by atoms with van der Waals surface area (Å²) >= 11 is 0. The molecule has 0 fully saturated rings. The number of amides is 1. The van der Waals surface area contributed by atoms with E-state index in [-0.39, 0.29) is 5.91 Å². The number of carbonyl (C=O) groups is 1. The van der Waals surface area contributed by atoms with Crippen LogP contribution in [0.5, 0.6) is 0 Å². The lowest BCUT2D eigenvalue weighted by Crippen LogP contribution is -2.22. The van der Waals surface area contributed by atoms with Crippen LogP contribution in [0.4, 0.5) is 0 Å². The molecule has 0 aliphatic carbocycles. The Labute approximate surface area is 104 Å². The summed E-state index contributed by atoms with van der Waals surface area (Å²) in [6.45, 7) is 8.55. The molecule has 0 spiro atoms. The highest BCUT2D eigenvalue weighted by Gasteiger charge is 2.19. The van der Waals surface area contributed by atoms with Gasteiger partial charge in [-0.25, -0.2) is 0 Å². The summed E-state index contributed by atoms with van der Waals surface area (Å²) in [6, 6.07) is 6.56. The maximum Gasteiger partial charge on any atom is 0.220 e. The van der Waals surface area contributed by atoms with E-state index in [1.807, 2.05) is 0 Å². The van der Waals surface area contributed by atoms with Gasteiger partial charge in [0.2, 0.25) is 5.91 Å². The van der Waals surface area contributed by atoms with Gasteiger partial charge in [-0.2, -0.15) is 0 Å². The number of aryl methyl sites for hydroxylation is 2. The molecule has 1 rings (SSSR count). The highest BCUT2D eigenvalue weighted by atomic mass is 16.1. The van der Waals surface area contributed by atoms with Gasteiger partial charge in [0, 0.05) is 13.5 Å². The van der Waals surface area contributed by atoms with Gasteiger partial charge in [-0.15, -0.1) is 0 Å². The second-order valence-corrected chi connectivity index (χ2v) is 5.15. The van der Waals surface area contributed by atoms with Crippen molar-refractivity contribution < 1.29 is 4.79 Å². The number of carbonyl (C=O) groups excluding carboxylic acids is 1. The minimum atomic E-state index is 0.114. The van der Waals surface area contributed by atoms with Gasteiger partial charge in [-0.1, -0.05) is 43.2 Å². The second kappa shape index (κ2) is 5.85. The minimum absolute atomic E-state index is 0.114. The average Bonchev–Trinajstić information content (AvgIpc) is 2.23. The molecule has 1 aromatic carbocycles. The number of nitrogens with one attached hydrogen (secondary N) is 1. The van der Waals surface area contributed by atoms with Gasteiger partial charge in [0.25, 0.3) is 0 Å². The molecule has 0 radical (unpaired) electrons. The monoisotopic (exact) mass is 233 g/mol. The molecule has 94 valence electrons. The molecule has 1 amide bonds. The van der Waals surface area contributed by atoms with Gasteiger partial charge < -0.3 is 5.32 Å². The van der Waals surface area contributed by atoms with Gasteiger partial charge >= 0.3 is 0 Å². The molecule has 1 atom stereocenters. The van der Waals surface area contributed by atoms with E-state index < -0.39 is 0 Å². The fourth-order valence-electron chi connectivity index (χ4n) is 2.26. The van der Waals surface area contributed by atoms with Crippen molar-refractivity contribution in [2.24, 2.45) is 5.92 Å². The number of hydrogen-bond donors (Lipinski definition) is 1. The number of hydrogen-bond acceptors (Lipinski definition) is 1. The van der Waals surface area contributed by atoms with Crippen LogP contribution in [0.1, 0.15) is 42.9 Å². The molecule has 0 saturated carbocycles. The number of rotatable bonds is 4. The Balaban J connectivity index is 3.01. The molecule has 2 nitrogen and oxygen atoms in total. The SMILES string of the molecule is CNC(=O)CC(c1cc(C)cc(C)c1)C(C)C. The van der Waals surface area contributed by atoms with Crippen molar-refractivity contribution in [3.05, 3.63) is 34.9 Å². The lowest BCUT2D eigenvalue weighted by Gasteiger charge is -2.21. The van der Waals surface area contributed by atoms with E-state index >= 15 is 0 Å². The van der Waals surface area contributed by atoms with Crippen LogP contribution in [0.15, 0.2) is 18.2 Å². The predicted molar refractivity (Wildman–Crippen MR) is 72.2 cm³/mol. The summed E-state index contributed by atoms with van der Waals surface area (Å²) in [4.78, 5) is 11.6. The van der Waals surface area contributed by atoms with E-state index in [1.54, 1.807) is 7.05 Å². The van der Waals surface area contributed by atoms with E-state index in [9.17, 15) is 4.79 Å². The van der Waals surface area contributed by atoms with Crippen LogP contribution in [0.25, 0.3) is 0 Å². The van der Waals surface area contributed by atoms with E-state index in [0.717, 1.165) is 0 Å². The van der Waals surface area contributed by atoms with Crippen LogP contribution in [0, 0.1) is 19.8 Å². The first-order valence-corrected chi connectivity index (χ1v) is 6.22. The zero-order valence-corrected chi connectivity index (χ0v) is 11.5. The minimum Gasteiger partial charge on any atom is -0.359 e. The summed E-state index contributed by atoms with van der Waals surface area (Å²) in [5.41, 5.74) is 3.81. The van der Waals surface area contributed by atoms with Crippen molar-refractivity contribution >= 4 is 5.91 Å². The molecular weight excluding hydrogens is 210 g/mol. The maximum atomic E-state index is 11.6. The quantitative estimate of drug-likeness (QED) is 0.850. The Morgan fingerprint density at radius 2 is 1.71 bits per heavy atom. The van der Waals surface area contributed by atoms with Crippen LogP contribution in [0.2, 0.25) is 0 Å². The highest BCUT2D eigenvalue weighted by molar-refractivity contribution is 5.76. The molecule has 17 heavy (non-hydrogen) atoms. The van der Waals surface area contributed by atoms with Crippen molar-refractivity contribution in [3.63, 3.8) is 0 Å². The molecule has 0 bridgehead atoms. The van der Waals surface area contributed by atoms with Gasteiger partial charge in [-0.05, 0) is 31.2 Å². The smallest absolute Gasteiger partial charge is 0.220 e. The average molecular weight is 233 g/mol.